The normalized spacial score (nSPS) is 20.0. The molecule has 0 saturated heterocycles. The second-order valence-corrected chi connectivity index (χ2v) is 5.47. The summed E-state index contributed by atoms with van der Waals surface area (Å²) < 4.78 is 25.4. The number of halogens is 1. The van der Waals surface area contributed by atoms with Crippen molar-refractivity contribution in [3.8, 4) is 11.5 Å². The number of rotatable bonds is 1. The van der Waals surface area contributed by atoms with Crippen LogP contribution in [0, 0.1) is 5.82 Å². The van der Waals surface area contributed by atoms with Crippen LogP contribution < -0.4 is 14.8 Å². The van der Waals surface area contributed by atoms with Crippen LogP contribution in [0.2, 0.25) is 0 Å². The van der Waals surface area contributed by atoms with E-state index in [1.54, 1.807) is 6.07 Å². The van der Waals surface area contributed by atoms with Crippen LogP contribution in [0.5, 0.6) is 11.5 Å². The van der Waals surface area contributed by atoms with E-state index in [-0.39, 0.29) is 11.9 Å². The van der Waals surface area contributed by atoms with Gasteiger partial charge in [-0.2, -0.15) is 0 Å². The first-order chi connectivity index (χ1) is 10.3. The van der Waals surface area contributed by atoms with Crippen LogP contribution in [0.4, 0.5) is 4.39 Å². The molecule has 2 aliphatic heterocycles. The summed E-state index contributed by atoms with van der Waals surface area (Å²) in [6.45, 7) is 2.11. The Morgan fingerprint density at radius 2 is 1.76 bits per heavy atom. The van der Waals surface area contributed by atoms with Crippen molar-refractivity contribution in [1.82, 2.24) is 0 Å². The van der Waals surface area contributed by atoms with E-state index < -0.39 is 0 Å². The predicted octanol–water partition coefficient (Wildman–Crippen LogP) is 1.81. The molecule has 0 aromatic heterocycles. The molecule has 2 aromatic carbocycles. The fourth-order valence-corrected chi connectivity index (χ4v) is 3.21. The van der Waals surface area contributed by atoms with E-state index in [1.165, 1.54) is 11.6 Å². The van der Waals surface area contributed by atoms with Gasteiger partial charge in [0.2, 0.25) is 0 Å². The highest BCUT2D eigenvalue weighted by atomic mass is 19.1. The molecule has 0 radical (unpaired) electrons. The molecule has 4 rings (SSSR count). The minimum absolute atomic E-state index is 0.00854. The van der Waals surface area contributed by atoms with Crippen molar-refractivity contribution in [2.75, 3.05) is 19.8 Å². The SMILES string of the molecule is Fc1ccccc1[C@H]1[NH2+]CCc2cc3c(cc21)OCCO3. The second kappa shape index (κ2) is 5.04. The third-order valence-corrected chi connectivity index (χ3v) is 4.20. The van der Waals surface area contributed by atoms with Gasteiger partial charge in [-0.05, 0) is 29.8 Å². The molecule has 108 valence electrons. The van der Waals surface area contributed by atoms with Crippen molar-refractivity contribution in [2.24, 2.45) is 0 Å². The molecule has 4 heteroatoms. The molecule has 0 bridgehead atoms. The lowest BCUT2D eigenvalue weighted by molar-refractivity contribution is -0.690. The summed E-state index contributed by atoms with van der Waals surface area (Å²) >= 11 is 0. The van der Waals surface area contributed by atoms with Gasteiger partial charge in [-0.3, -0.25) is 0 Å². The molecule has 21 heavy (non-hydrogen) atoms. The Kier molecular flexibility index (Phi) is 3.04. The standard InChI is InChI=1S/C17H16FNO2/c18-14-4-2-1-3-12(14)17-13-10-16-15(20-7-8-21-16)9-11(13)5-6-19-17/h1-4,9-10,17,19H,5-8H2/p+1/t17-/m1/s1. The van der Waals surface area contributed by atoms with E-state index in [0.717, 1.165) is 35.6 Å². The first-order valence-corrected chi connectivity index (χ1v) is 7.33. The van der Waals surface area contributed by atoms with Crippen molar-refractivity contribution in [3.05, 3.63) is 58.9 Å². The number of nitrogens with two attached hydrogens (primary N) is 1. The average molecular weight is 286 g/mol. The third-order valence-electron chi connectivity index (χ3n) is 4.20. The van der Waals surface area contributed by atoms with Gasteiger partial charge in [-0.25, -0.2) is 4.39 Å². The van der Waals surface area contributed by atoms with Crippen molar-refractivity contribution in [1.29, 1.82) is 0 Å². The predicted molar refractivity (Wildman–Crippen MR) is 76.2 cm³/mol. The fourth-order valence-electron chi connectivity index (χ4n) is 3.21. The molecule has 3 nitrogen and oxygen atoms in total. The summed E-state index contributed by atoms with van der Waals surface area (Å²) in [5.41, 5.74) is 3.10. The molecule has 0 aliphatic carbocycles. The molecule has 0 amide bonds. The Hall–Kier alpha value is -2.07. The number of benzene rings is 2. The van der Waals surface area contributed by atoms with Crippen LogP contribution in [0.25, 0.3) is 0 Å². The van der Waals surface area contributed by atoms with Crippen LogP contribution in [-0.4, -0.2) is 19.8 Å². The summed E-state index contributed by atoms with van der Waals surface area (Å²) in [6.07, 6.45) is 0.969. The molecule has 2 N–H and O–H groups in total. The Morgan fingerprint density at radius 1 is 1.00 bits per heavy atom. The molecule has 0 fully saturated rings. The zero-order valence-corrected chi connectivity index (χ0v) is 11.6. The van der Waals surface area contributed by atoms with Gasteiger partial charge in [0.25, 0.3) is 0 Å². The molecule has 1 atom stereocenters. The number of hydrogen-bond acceptors (Lipinski definition) is 2. The Labute approximate surface area is 122 Å². The molecule has 0 saturated carbocycles. The van der Waals surface area contributed by atoms with Gasteiger partial charge in [0.1, 0.15) is 25.1 Å². The highest BCUT2D eigenvalue weighted by Crippen LogP contribution is 2.37. The quantitative estimate of drug-likeness (QED) is 0.867. The Morgan fingerprint density at radius 3 is 2.57 bits per heavy atom. The maximum atomic E-state index is 14.1. The van der Waals surface area contributed by atoms with Crippen LogP contribution in [0.3, 0.4) is 0 Å². The average Bonchev–Trinajstić information content (AvgIpc) is 2.53. The van der Waals surface area contributed by atoms with E-state index in [2.05, 4.69) is 11.4 Å². The van der Waals surface area contributed by atoms with Gasteiger partial charge in [-0.15, -0.1) is 0 Å². The second-order valence-electron chi connectivity index (χ2n) is 5.47. The Bertz CT molecular complexity index is 686. The highest BCUT2D eigenvalue weighted by Gasteiger charge is 2.29. The zero-order chi connectivity index (χ0) is 14.2. The van der Waals surface area contributed by atoms with Crippen molar-refractivity contribution < 1.29 is 19.2 Å². The Balaban J connectivity index is 1.82. The van der Waals surface area contributed by atoms with E-state index in [0.29, 0.717) is 13.2 Å². The number of fused-ring (bicyclic) bond motifs is 2. The van der Waals surface area contributed by atoms with Crippen LogP contribution in [-0.2, 0) is 6.42 Å². The summed E-state index contributed by atoms with van der Waals surface area (Å²) in [5, 5.41) is 2.19. The first-order valence-electron chi connectivity index (χ1n) is 7.33. The third kappa shape index (κ3) is 2.16. The molecule has 0 unspecified atom stereocenters. The monoisotopic (exact) mass is 286 g/mol. The summed E-state index contributed by atoms with van der Waals surface area (Å²) in [6, 6.07) is 11.1. The lowest BCUT2D eigenvalue weighted by Crippen LogP contribution is -2.87. The first kappa shape index (κ1) is 12.7. The maximum absolute atomic E-state index is 14.1. The van der Waals surface area contributed by atoms with Crippen molar-refractivity contribution >= 4 is 0 Å². The van der Waals surface area contributed by atoms with E-state index in [1.807, 2.05) is 18.2 Å². The molecule has 0 spiro atoms. The lowest BCUT2D eigenvalue weighted by atomic mass is 9.89. The summed E-state index contributed by atoms with van der Waals surface area (Å²) in [5.74, 6) is 1.44. The minimum atomic E-state index is -0.151. The van der Waals surface area contributed by atoms with Crippen LogP contribution >= 0.6 is 0 Å². The minimum Gasteiger partial charge on any atom is -0.486 e. The van der Waals surface area contributed by atoms with Crippen molar-refractivity contribution in [3.63, 3.8) is 0 Å². The van der Waals surface area contributed by atoms with Gasteiger partial charge < -0.3 is 14.8 Å². The molecule has 2 aliphatic rings. The van der Waals surface area contributed by atoms with Gasteiger partial charge in [0, 0.05) is 17.5 Å². The number of quaternary nitrogens is 1. The molecular weight excluding hydrogens is 269 g/mol. The number of ether oxygens (including phenoxy) is 2. The largest absolute Gasteiger partial charge is 0.486 e. The topological polar surface area (TPSA) is 35.1 Å². The van der Waals surface area contributed by atoms with Crippen molar-refractivity contribution in [2.45, 2.75) is 12.5 Å². The van der Waals surface area contributed by atoms with Crippen LogP contribution in [0.1, 0.15) is 22.7 Å². The van der Waals surface area contributed by atoms with Gasteiger partial charge in [-0.1, -0.05) is 12.1 Å². The summed E-state index contributed by atoms with van der Waals surface area (Å²) in [7, 11) is 0. The zero-order valence-electron chi connectivity index (χ0n) is 11.6. The van der Waals surface area contributed by atoms with Gasteiger partial charge in [0.15, 0.2) is 11.5 Å². The maximum Gasteiger partial charge on any atom is 0.161 e. The van der Waals surface area contributed by atoms with Gasteiger partial charge in [0.05, 0.1) is 6.54 Å². The fraction of sp³-hybridized carbons (Fsp3) is 0.294. The smallest absolute Gasteiger partial charge is 0.161 e. The van der Waals surface area contributed by atoms with E-state index in [9.17, 15) is 4.39 Å². The van der Waals surface area contributed by atoms with E-state index >= 15 is 0 Å². The number of hydrogen-bond donors (Lipinski definition) is 1. The molecule has 2 heterocycles. The van der Waals surface area contributed by atoms with Crippen LogP contribution in [0.15, 0.2) is 36.4 Å². The lowest BCUT2D eigenvalue weighted by Gasteiger charge is -2.27. The highest BCUT2D eigenvalue weighted by molar-refractivity contribution is 5.51. The van der Waals surface area contributed by atoms with E-state index in [4.69, 9.17) is 9.47 Å². The molecular formula is C17H17FNO2+. The summed E-state index contributed by atoms with van der Waals surface area (Å²) in [4.78, 5) is 0. The molecule has 2 aromatic rings. The van der Waals surface area contributed by atoms with Gasteiger partial charge >= 0.3 is 0 Å².